The highest BCUT2D eigenvalue weighted by atomic mass is 16.5. The van der Waals surface area contributed by atoms with Crippen molar-refractivity contribution in [1.29, 1.82) is 0 Å². The summed E-state index contributed by atoms with van der Waals surface area (Å²) in [6.07, 6.45) is 2.60. The summed E-state index contributed by atoms with van der Waals surface area (Å²) in [6, 6.07) is 9.87. The van der Waals surface area contributed by atoms with Crippen molar-refractivity contribution in [3.05, 3.63) is 53.2 Å². The predicted octanol–water partition coefficient (Wildman–Crippen LogP) is 2.04. The minimum Gasteiger partial charge on any atom is -0.381 e. The number of nitrogens with zero attached hydrogens (tertiary/aromatic N) is 3. The number of aromatic nitrogens is 2. The first-order valence-corrected chi connectivity index (χ1v) is 13.4. The molecule has 7 rings (SSSR count). The number of aliphatic hydroxyl groups excluding tert-OH is 2. The first-order chi connectivity index (χ1) is 18.0. The van der Waals surface area contributed by atoms with Gasteiger partial charge in [0.2, 0.25) is 0 Å². The first kappa shape index (κ1) is 23.3. The fourth-order valence-corrected chi connectivity index (χ4v) is 6.80. The summed E-state index contributed by atoms with van der Waals surface area (Å²) >= 11 is 0. The fourth-order valence-electron chi connectivity index (χ4n) is 6.80. The van der Waals surface area contributed by atoms with Gasteiger partial charge in [0.05, 0.1) is 24.9 Å². The number of carbonyl (C=O) groups is 1. The van der Waals surface area contributed by atoms with Crippen LogP contribution in [0.4, 0.5) is 0 Å². The molecule has 6 heterocycles. The Morgan fingerprint density at radius 3 is 2.73 bits per heavy atom. The highest BCUT2D eigenvalue weighted by molar-refractivity contribution is 5.99. The van der Waals surface area contributed by atoms with Gasteiger partial charge in [-0.15, -0.1) is 0 Å². The van der Waals surface area contributed by atoms with E-state index in [2.05, 4.69) is 33.4 Å². The zero-order valence-corrected chi connectivity index (χ0v) is 20.8. The molecule has 37 heavy (non-hydrogen) atoms. The van der Waals surface area contributed by atoms with Crippen molar-refractivity contribution in [2.75, 3.05) is 26.3 Å². The molecular weight excluding hydrogens is 470 g/mol. The van der Waals surface area contributed by atoms with Crippen molar-refractivity contribution in [2.24, 2.45) is 11.8 Å². The van der Waals surface area contributed by atoms with Crippen molar-refractivity contribution in [1.82, 2.24) is 25.1 Å². The number of likely N-dealkylation sites (tertiary alicyclic amines) is 1. The molecule has 0 spiro atoms. The number of rotatable bonds is 4. The number of hydrogen-bond acceptors (Lipinski definition) is 7. The number of carbonyl (C=O) groups excluding carboxylic acids is 1. The second-order valence-electron chi connectivity index (χ2n) is 11.2. The van der Waals surface area contributed by atoms with Crippen molar-refractivity contribution < 1.29 is 19.7 Å². The van der Waals surface area contributed by atoms with Crippen LogP contribution in [0.3, 0.4) is 0 Å². The van der Waals surface area contributed by atoms with Crippen LogP contribution in [0.1, 0.15) is 40.7 Å². The van der Waals surface area contributed by atoms with E-state index in [9.17, 15) is 15.0 Å². The van der Waals surface area contributed by atoms with Gasteiger partial charge in [0.25, 0.3) is 5.91 Å². The van der Waals surface area contributed by atoms with E-state index in [0.29, 0.717) is 36.8 Å². The summed E-state index contributed by atoms with van der Waals surface area (Å²) in [7, 11) is 0. The van der Waals surface area contributed by atoms with Crippen molar-refractivity contribution in [2.45, 2.75) is 50.8 Å². The van der Waals surface area contributed by atoms with Crippen LogP contribution in [-0.2, 0) is 17.8 Å². The number of nitrogens with one attached hydrogen (secondary N) is 2. The van der Waals surface area contributed by atoms with E-state index in [1.165, 1.54) is 12.0 Å². The van der Waals surface area contributed by atoms with Crippen LogP contribution in [-0.4, -0.2) is 80.7 Å². The summed E-state index contributed by atoms with van der Waals surface area (Å²) in [5.41, 5.74) is 5.62. The number of fused-ring (bicyclic) bond motifs is 4. The third-order valence-corrected chi connectivity index (χ3v) is 8.51. The zero-order chi connectivity index (χ0) is 25.1. The van der Waals surface area contributed by atoms with E-state index in [4.69, 9.17) is 9.72 Å². The molecule has 1 aromatic carbocycles. The molecule has 4 aliphatic rings. The Morgan fingerprint density at radius 2 is 1.92 bits per heavy atom. The smallest absolute Gasteiger partial charge is 0.254 e. The van der Waals surface area contributed by atoms with Gasteiger partial charge in [-0.3, -0.25) is 15.0 Å². The van der Waals surface area contributed by atoms with Crippen LogP contribution in [0, 0.1) is 11.8 Å². The average molecular weight is 504 g/mol. The van der Waals surface area contributed by atoms with Gasteiger partial charge in [-0.2, -0.15) is 0 Å². The van der Waals surface area contributed by atoms with Crippen LogP contribution in [0.5, 0.6) is 0 Å². The molecule has 5 unspecified atom stereocenters. The van der Waals surface area contributed by atoms with E-state index in [1.807, 2.05) is 18.3 Å². The molecular formula is C28H33N5O4. The summed E-state index contributed by atoms with van der Waals surface area (Å²) in [5.74, 6) is 1.17. The van der Waals surface area contributed by atoms with Gasteiger partial charge < -0.3 is 24.8 Å². The highest BCUT2D eigenvalue weighted by Gasteiger charge is 2.39. The minimum atomic E-state index is -0.943. The lowest BCUT2D eigenvalue weighted by Gasteiger charge is -2.41. The molecule has 3 saturated heterocycles. The van der Waals surface area contributed by atoms with Crippen LogP contribution in [0.25, 0.3) is 22.3 Å². The molecule has 4 aliphatic heterocycles. The maximum absolute atomic E-state index is 13.2. The second kappa shape index (κ2) is 9.18. The molecule has 0 saturated carbocycles. The van der Waals surface area contributed by atoms with Crippen LogP contribution in [0.2, 0.25) is 0 Å². The summed E-state index contributed by atoms with van der Waals surface area (Å²) < 4.78 is 5.77. The van der Waals surface area contributed by atoms with Gasteiger partial charge in [0.1, 0.15) is 18.1 Å². The molecule has 2 aromatic heterocycles. The molecule has 9 nitrogen and oxygen atoms in total. The number of aromatic amines is 1. The molecule has 1 amide bonds. The normalized spacial score (nSPS) is 30.2. The highest BCUT2D eigenvalue weighted by Crippen LogP contribution is 2.34. The Morgan fingerprint density at radius 1 is 1.08 bits per heavy atom. The molecule has 2 bridgehead atoms. The molecule has 9 heteroatoms. The zero-order valence-electron chi connectivity index (χ0n) is 20.8. The molecule has 194 valence electrons. The Kier molecular flexibility index (Phi) is 5.78. The number of pyridine rings is 1. The van der Waals surface area contributed by atoms with Gasteiger partial charge in [0.15, 0.2) is 0 Å². The van der Waals surface area contributed by atoms with Crippen molar-refractivity contribution >= 4 is 16.9 Å². The monoisotopic (exact) mass is 503 g/mol. The van der Waals surface area contributed by atoms with Crippen molar-refractivity contribution in [3.63, 3.8) is 0 Å². The number of hydrogen-bond donors (Lipinski definition) is 4. The maximum atomic E-state index is 13.2. The number of ether oxygens (including phenoxy) is 1. The van der Waals surface area contributed by atoms with E-state index in [-0.39, 0.29) is 11.9 Å². The van der Waals surface area contributed by atoms with Gasteiger partial charge in [-0.05, 0) is 66.5 Å². The molecule has 0 aliphatic carbocycles. The SMILES string of the molecule is O=C1c2ccc(-c3cc(CN4CC5COCC(C5)C4)c4cc[nH]c4n3)cc2CN1C1CCC(O)NC1O. The van der Waals surface area contributed by atoms with Crippen LogP contribution in [0.15, 0.2) is 36.5 Å². The number of piperidine rings is 2. The summed E-state index contributed by atoms with van der Waals surface area (Å²) in [6.45, 7) is 5.19. The summed E-state index contributed by atoms with van der Waals surface area (Å²) in [5, 5.41) is 24.1. The molecule has 3 fully saturated rings. The first-order valence-electron chi connectivity index (χ1n) is 13.4. The standard InChI is InChI=1S/C28H33N5O4/c34-25-4-3-24(27(35)31-25)33-13-19-8-18(1-2-22(19)28(33)36)23-9-20(21-5-6-29-26(21)30-23)12-32-10-16-7-17(11-32)15-37-14-16/h1-2,5-6,8-9,16-17,24-25,27,31,34-35H,3-4,7,10-15H2,(H,29,30). The Balaban J connectivity index is 1.16. The molecule has 0 radical (unpaired) electrons. The lowest BCUT2D eigenvalue weighted by molar-refractivity contribution is -0.0477. The summed E-state index contributed by atoms with van der Waals surface area (Å²) in [4.78, 5) is 25.7. The fraction of sp³-hybridized carbons (Fsp3) is 0.500. The minimum absolute atomic E-state index is 0.0723. The topological polar surface area (TPSA) is 114 Å². The maximum Gasteiger partial charge on any atom is 0.254 e. The molecule has 5 atom stereocenters. The average Bonchev–Trinajstić information content (AvgIpc) is 3.48. The Bertz CT molecular complexity index is 1330. The number of benzene rings is 1. The van der Waals surface area contributed by atoms with E-state index >= 15 is 0 Å². The number of amides is 1. The lowest BCUT2D eigenvalue weighted by atomic mass is 9.88. The van der Waals surface area contributed by atoms with Gasteiger partial charge in [0, 0.05) is 48.9 Å². The van der Waals surface area contributed by atoms with Gasteiger partial charge in [-0.1, -0.05) is 6.07 Å². The second-order valence-corrected chi connectivity index (χ2v) is 11.2. The molecule has 3 aromatic rings. The third kappa shape index (κ3) is 4.24. The quantitative estimate of drug-likeness (QED) is 0.431. The van der Waals surface area contributed by atoms with E-state index in [1.54, 1.807) is 4.90 Å². The third-order valence-electron chi connectivity index (χ3n) is 8.51. The van der Waals surface area contributed by atoms with E-state index < -0.39 is 12.5 Å². The number of aliphatic hydroxyl groups is 2. The van der Waals surface area contributed by atoms with Crippen LogP contribution < -0.4 is 5.32 Å². The van der Waals surface area contributed by atoms with E-state index in [0.717, 1.165) is 60.7 Å². The number of H-pyrrole nitrogens is 1. The largest absolute Gasteiger partial charge is 0.381 e. The van der Waals surface area contributed by atoms with Gasteiger partial charge in [-0.25, -0.2) is 4.98 Å². The van der Waals surface area contributed by atoms with Crippen LogP contribution >= 0.6 is 0 Å². The Labute approximate surface area is 215 Å². The molecule has 4 N–H and O–H groups in total. The Hall–Kier alpha value is -2.82. The van der Waals surface area contributed by atoms with Crippen molar-refractivity contribution in [3.8, 4) is 11.3 Å². The lowest BCUT2D eigenvalue weighted by Crippen LogP contribution is -2.56. The van der Waals surface area contributed by atoms with Gasteiger partial charge >= 0.3 is 0 Å². The predicted molar refractivity (Wildman–Crippen MR) is 137 cm³/mol.